The number of rotatable bonds is 5. The van der Waals surface area contributed by atoms with Crippen molar-refractivity contribution in [1.29, 1.82) is 0 Å². The lowest BCUT2D eigenvalue weighted by Crippen LogP contribution is -2.28. The second-order valence-corrected chi connectivity index (χ2v) is 6.71. The first kappa shape index (κ1) is 17.4. The summed E-state index contributed by atoms with van der Waals surface area (Å²) < 4.78 is 15.3. The first-order chi connectivity index (χ1) is 13.2. The van der Waals surface area contributed by atoms with Crippen molar-refractivity contribution in [2.75, 3.05) is 6.54 Å². The third-order valence-electron chi connectivity index (χ3n) is 4.91. The quantitative estimate of drug-likeness (QED) is 0.755. The third kappa shape index (κ3) is 3.74. The maximum absolute atomic E-state index is 13.3. The topological polar surface area (TPSA) is 59.8 Å². The molecular weight excluding hydrogens is 343 g/mol. The van der Waals surface area contributed by atoms with Gasteiger partial charge in [-0.3, -0.25) is 14.5 Å². The number of fused-ring (bicyclic) bond motifs is 1. The molecule has 2 heterocycles. The maximum atomic E-state index is 13.3. The molecule has 1 aromatic carbocycles. The average molecular weight is 364 g/mol. The van der Waals surface area contributed by atoms with Crippen LogP contribution in [-0.4, -0.2) is 27.2 Å². The van der Waals surface area contributed by atoms with Gasteiger partial charge in [-0.05, 0) is 56.0 Å². The van der Waals surface area contributed by atoms with Gasteiger partial charge < -0.3 is 5.32 Å². The Morgan fingerprint density at radius 1 is 1.15 bits per heavy atom. The Morgan fingerprint density at radius 3 is 2.78 bits per heavy atom. The molecular formula is C21H21FN4O. The van der Waals surface area contributed by atoms with Gasteiger partial charge in [-0.2, -0.15) is 5.10 Å². The molecule has 0 atom stereocenters. The summed E-state index contributed by atoms with van der Waals surface area (Å²) in [6.45, 7) is 1.04. The van der Waals surface area contributed by atoms with Crippen molar-refractivity contribution in [2.24, 2.45) is 0 Å². The average Bonchev–Trinajstić information content (AvgIpc) is 3.07. The number of amides is 1. The zero-order chi connectivity index (χ0) is 18.6. The maximum Gasteiger partial charge on any atom is 0.251 e. The summed E-state index contributed by atoms with van der Waals surface area (Å²) in [7, 11) is 0. The second kappa shape index (κ2) is 7.70. The van der Waals surface area contributed by atoms with Crippen LogP contribution in [0, 0.1) is 5.82 Å². The molecule has 0 bridgehead atoms. The Labute approximate surface area is 157 Å². The van der Waals surface area contributed by atoms with E-state index in [1.807, 2.05) is 16.8 Å². The van der Waals surface area contributed by atoms with Crippen LogP contribution in [0.2, 0.25) is 0 Å². The smallest absolute Gasteiger partial charge is 0.251 e. The highest BCUT2D eigenvalue weighted by Gasteiger charge is 2.21. The number of aromatic nitrogens is 3. The SMILES string of the molecule is O=C(NCCn1nc(-c2ccncc2)c2c1CCCC2)c1cccc(F)c1. The predicted octanol–water partition coefficient (Wildman–Crippen LogP) is 3.39. The fourth-order valence-electron chi connectivity index (χ4n) is 3.60. The molecule has 1 N–H and O–H groups in total. The summed E-state index contributed by atoms with van der Waals surface area (Å²) in [6, 6.07) is 9.67. The van der Waals surface area contributed by atoms with Gasteiger partial charge >= 0.3 is 0 Å². The molecule has 0 saturated carbocycles. The van der Waals surface area contributed by atoms with Gasteiger partial charge in [0.15, 0.2) is 0 Å². The zero-order valence-electron chi connectivity index (χ0n) is 15.0. The summed E-state index contributed by atoms with van der Waals surface area (Å²) in [5.74, 6) is -0.685. The Bertz CT molecular complexity index is 952. The number of pyridine rings is 1. The number of hydrogen-bond acceptors (Lipinski definition) is 3. The lowest BCUT2D eigenvalue weighted by Gasteiger charge is -2.14. The molecule has 0 fully saturated rings. The number of carbonyl (C=O) groups is 1. The summed E-state index contributed by atoms with van der Waals surface area (Å²) >= 11 is 0. The normalized spacial score (nSPS) is 13.2. The van der Waals surface area contributed by atoms with Crippen molar-refractivity contribution < 1.29 is 9.18 Å². The van der Waals surface area contributed by atoms with E-state index in [4.69, 9.17) is 5.10 Å². The van der Waals surface area contributed by atoms with Crippen molar-refractivity contribution in [3.63, 3.8) is 0 Å². The molecule has 2 aromatic heterocycles. The van der Waals surface area contributed by atoms with Crippen LogP contribution < -0.4 is 5.32 Å². The van der Waals surface area contributed by atoms with Crippen molar-refractivity contribution in [3.05, 3.63) is 71.4 Å². The number of carbonyl (C=O) groups excluding carboxylic acids is 1. The molecule has 0 spiro atoms. The number of nitrogens with zero attached hydrogens (tertiary/aromatic N) is 3. The largest absolute Gasteiger partial charge is 0.350 e. The van der Waals surface area contributed by atoms with E-state index in [-0.39, 0.29) is 5.91 Å². The van der Waals surface area contributed by atoms with Crippen LogP contribution in [0.1, 0.15) is 34.5 Å². The molecule has 1 amide bonds. The monoisotopic (exact) mass is 364 g/mol. The first-order valence-corrected chi connectivity index (χ1v) is 9.25. The van der Waals surface area contributed by atoms with E-state index >= 15 is 0 Å². The molecule has 5 nitrogen and oxygen atoms in total. The van der Waals surface area contributed by atoms with Gasteiger partial charge in [0.2, 0.25) is 0 Å². The van der Waals surface area contributed by atoms with Gasteiger partial charge in [0.05, 0.1) is 12.2 Å². The molecule has 1 aliphatic rings. The van der Waals surface area contributed by atoms with E-state index < -0.39 is 5.82 Å². The summed E-state index contributed by atoms with van der Waals surface area (Å²) in [6.07, 6.45) is 7.93. The number of benzene rings is 1. The van der Waals surface area contributed by atoms with Crippen LogP contribution >= 0.6 is 0 Å². The number of halogens is 1. The minimum absolute atomic E-state index is 0.273. The predicted molar refractivity (Wildman–Crippen MR) is 101 cm³/mol. The van der Waals surface area contributed by atoms with Gasteiger partial charge in [-0.1, -0.05) is 6.07 Å². The Balaban J connectivity index is 1.49. The number of hydrogen-bond donors (Lipinski definition) is 1. The highest BCUT2D eigenvalue weighted by molar-refractivity contribution is 5.94. The highest BCUT2D eigenvalue weighted by Crippen LogP contribution is 2.30. The van der Waals surface area contributed by atoms with Crippen LogP contribution in [-0.2, 0) is 19.4 Å². The molecule has 138 valence electrons. The summed E-state index contributed by atoms with van der Waals surface area (Å²) in [5, 5.41) is 7.68. The van der Waals surface area contributed by atoms with E-state index in [1.165, 1.54) is 35.9 Å². The zero-order valence-corrected chi connectivity index (χ0v) is 15.0. The molecule has 27 heavy (non-hydrogen) atoms. The lowest BCUT2D eigenvalue weighted by molar-refractivity contribution is 0.0951. The molecule has 1 aliphatic carbocycles. The number of nitrogens with one attached hydrogen (secondary N) is 1. The lowest BCUT2D eigenvalue weighted by atomic mass is 9.94. The molecule has 6 heteroatoms. The standard InChI is InChI=1S/C21H21FN4O/c22-17-5-3-4-16(14-17)21(27)24-12-13-26-19-7-2-1-6-18(19)20(25-26)15-8-10-23-11-9-15/h3-5,8-11,14H,1-2,6-7,12-13H2,(H,24,27). The van der Waals surface area contributed by atoms with Gasteiger partial charge in [0.1, 0.15) is 5.82 Å². The van der Waals surface area contributed by atoms with E-state index in [2.05, 4.69) is 10.3 Å². The van der Waals surface area contributed by atoms with Gasteiger partial charge in [0, 0.05) is 41.3 Å². The second-order valence-electron chi connectivity index (χ2n) is 6.71. The fourth-order valence-corrected chi connectivity index (χ4v) is 3.60. The molecule has 0 unspecified atom stereocenters. The molecule has 0 saturated heterocycles. The van der Waals surface area contributed by atoms with Crippen molar-refractivity contribution in [1.82, 2.24) is 20.1 Å². The molecule has 3 aromatic rings. The van der Waals surface area contributed by atoms with Crippen LogP contribution in [0.4, 0.5) is 4.39 Å². The highest BCUT2D eigenvalue weighted by atomic mass is 19.1. The Hall–Kier alpha value is -3.02. The Kier molecular flexibility index (Phi) is 4.96. The van der Waals surface area contributed by atoms with E-state index in [0.717, 1.165) is 30.5 Å². The van der Waals surface area contributed by atoms with E-state index in [9.17, 15) is 9.18 Å². The Morgan fingerprint density at radius 2 is 1.96 bits per heavy atom. The molecule has 0 aliphatic heterocycles. The van der Waals surface area contributed by atoms with Crippen LogP contribution in [0.25, 0.3) is 11.3 Å². The van der Waals surface area contributed by atoms with Crippen molar-refractivity contribution in [2.45, 2.75) is 32.2 Å². The minimum atomic E-state index is -0.411. The van der Waals surface area contributed by atoms with E-state index in [0.29, 0.717) is 18.7 Å². The van der Waals surface area contributed by atoms with Gasteiger partial charge in [-0.15, -0.1) is 0 Å². The molecule has 4 rings (SSSR count). The fraction of sp³-hybridized carbons (Fsp3) is 0.286. The summed E-state index contributed by atoms with van der Waals surface area (Å²) in [5.41, 5.74) is 4.99. The van der Waals surface area contributed by atoms with E-state index in [1.54, 1.807) is 18.5 Å². The van der Waals surface area contributed by atoms with Gasteiger partial charge in [0.25, 0.3) is 5.91 Å². The van der Waals surface area contributed by atoms with Crippen molar-refractivity contribution >= 4 is 5.91 Å². The third-order valence-corrected chi connectivity index (χ3v) is 4.91. The van der Waals surface area contributed by atoms with Crippen LogP contribution in [0.15, 0.2) is 48.8 Å². The van der Waals surface area contributed by atoms with Gasteiger partial charge in [-0.25, -0.2) is 4.39 Å². The van der Waals surface area contributed by atoms with Crippen molar-refractivity contribution in [3.8, 4) is 11.3 Å². The van der Waals surface area contributed by atoms with Crippen LogP contribution in [0.3, 0.4) is 0 Å². The van der Waals surface area contributed by atoms with Crippen LogP contribution in [0.5, 0.6) is 0 Å². The molecule has 0 radical (unpaired) electrons. The first-order valence-electron chi connectivity index (χ1n) is 9.25. The minimum Gasteiger partial charge on any atom is -0.350 e. The summed E-state index contributed by atoms with van der Waals surface area (Å²) in [4.78, 5) is 16.3.